The Bertz CT molecular complexity index is 1260. The van der Waals surface area contributed by atoms with E-state index in [1.54, 1.807) is 18.2 Å². The van der Waals surface area contributed by atoms with Crippen molar-refractivity contribution in [1.29, 1.82) is 0 Å². The molecule has 29 heavy (non-hydrogen) atoms. The van der Waals surface area contributed by atoms with Gasteiger partial charge in [-0.05, 0) is 48.0 Å². The van der Waals surface area contributed by atoms with Crippen LogP contribution >= 0.6 is 0 Å². The summed E-state index contributed by atoms with van der Waals surface area (Å²) in [5, 5.41) is 5.21. The Balaban J connectivity index is 1.65. The fraction of sp³-hybridized carbons (Fsp3) is 0.0476. The Morgan fingerprint density at radius 3 is 2.55 bits per heavy atom. The highest BCUT2D eigenvalue weighted by atomic mass is 32.2. The van der Waals surface area contributed by atoms with Crippen molar-refractivity contribution in [1.82, 2.24) is 5.32 Å². The van der Waals surface area contributed by atoms with E-state index in [1.165, 1.54) is 48.5 Å². The molecule has 0 saturated heterocycles. The zero-order chi connectivity index (χ0) is 20.6. The summed E-state index contributed by atoms with van der Waals surface area (Å²) in [5.74, 6) is -1.46. The molecule has 6 nitrogen and oxygen atoms in total. The third kappa shape index (κ3) is 3.50. The Kier molecular flexibility index (Phi) is 4.63. The Labute approximate surface area is 166 Å². The summed E-state index contributed by atoms with van der Waals surface area (Å²) in [6.07, 6.45) is 0. The van der Waals surface area contributed by atoms with Gasteiger partial charge in [0.1, 0.15) is 5.82 Å². The highest BCUT2D eigenvalue weighted by Crippen LogP contribution is 2.34. The third-order valence-corrected chi connectivity index (χ3v) is 6.41. The maximum Gasteiger partial charge on any atom is 0.257 e. The molecule has 1 heterocycles. The SMILES string of the molecule is O=C(NCc1cccc(F)c1)c1ccc2c(c1)NC(=O)c1ccccc1S2(=O)=O. The van der Waals surface area contributed by atoms with Gasteiger partial charge in [-0.15, -0.1) is 0 Å². The minimum Gasteiger partial charge on any atom is -0.348 e. The molecule has 0 saturated carbocycles. The van der Waals surface area contributed by atoms with Crippen molar-refractivity contribution in [2.75, 3.05) is 5.32 Å². The monoisotopic (exact) mass is 410 g/mol. The van der Waals surface area contributed by atoms with Crippen molar-refractivity contribution < 1.29 is 22.4 Å². The topological polar surface area (TPSA) is 92.3 Å². The van der Waals surface area contributed by atoms with Crippen molar-refractivity contribution in [3.63, 3.8) is 0 Å². The van der Waals surface area contributed by atoms with E-state index < -0.39 is 27.5 Å². The largest absolute Gasteiger partial charge is 0.348 e. The lowest BCUT2D eigenvalue weighted by atomic mass is 10.1. The number of anilines is 1. The summed E-state index contributed by atoms with van der Waals surface area (Å²) in [5.41, 5.74) is 0.825. The molecule has 1 aliphatic rings. The van der Waals surface area contributed by atoms with Gasteiger partial charge < -0.3 is 10.6 Å². The quantitative estimate of drug-likeness (QED) is 0.694. The van der Waals surface area contributed by atoms with Crippen LogP contribution in [0.1, 0.15) is 26.3 Å². The van der Waals surface area contributed by atoms with Crippen molar-refractivity contribution in [3.8, 4) is 0 Å². The maximum absolute atomic E-state index is 13.3. The van der Waals surface area contributed by atoms with E-state index >= 15 is 0 Å². The molecular weight excluding hydrogens is 395 g/mol. The number of nitrogens with one attached hydrogen (secondary N) is 2. The number of hydrogen-bond acceptors (Lipinski definition) is 4. The molecule has 2 amide bonds. The molecule has 1 aliphatic heterocycles. The van der Waals surface area contributed by atoms with Gasteiger partial charge in [0, 0.05) is 12.1 Å². The lowest BCUT2D eigenvalue weighted by Gasteiger charge is -2.10. The summed E-state index contributed by atoms with van der Waals surface area (Å²) in [4.78, 5) is 24.8. The molecule has 3 aromatic rings. The molecule has 0 aliphatic carbocycles. The van der Waals surface area contributed by atoms with Crippen LogP contribution in [0.25, 0.3) is 0 Å². The first-order chi connectivity index (χ1) is 13.9. The molecule has 0 atom stereocenters. The zero-order valence-corrected chi connectivity index (χ0v) is 15.8. The van der Waals surface area contributed by atoms with Crippen LogP contribution in [0.5, 0.6) is 0 Å². The van der Waals surface area contributed by atoms with Gasteiger partial charge in [-0.1, -0.05) is 24.3 Å². The highest BCUT2D eigenvalue weighted by molar-refractivity contribution is 7.91. The number of halogens is 1. The predicted octanol–water partition coefficient (Wildman–Crippen LogP) is 3.15. The van der Waals surface area contributed by atoms with Crippen molar-refractivity contribution in [2.45, 2.75) is 16.3 Å². The van der Waals surface area contributed by atoms with Crippen molar-refractivity contribution >= 4 is 27.3 Å². The van der Waals surface area contributed by atoms with Crippen LogP contribution in [0.15, 0.2) is 76.5 Å². The van der Waals surface area contributed by atoms with Crippen LogP contribution in [0.2, 0.25) is 0 Å². The normalized spacial score (nSPS) is 14.2. The maximum atomic E-state index is 13.3. The molecule has 0 radical (unpaired) electrons. The van der Waals surface area contributed by atoms with Gasteiger partial charge in [0.2, 0.25) is 9.84 Å². The molecular formula is C21H15FN2O4S. The Morgan fingerprint density at radius 2 is 1.76 bits per heavy atom. The van der Waals surface area contributed by atoms with Gasteiger partial charge in [-0.25, -0.2) is 12.8 Å². The molecule has 0 aromatic heterocycles. The molecule has 0 spiro atoms. The number of carbonyl (C=O) groups excluding carboxylic acids is 2. The standard InChI is InChI=1S/C21H15FN2O4S/c22-15-5-3-4-13(10-15)12-23-20(25)14-8-9-19-17(11-14)24-21(26)16-6-1-2-7-18(16)29(19,27)28/h1-11H,12H2,(H,23,25)(H,24,26). The second kappa shape index (κ2) is 7.14. The number of benzene rings is 3. The van der Waals surface area contributed by atoms with Crippen LogP contribution in [-0.4, -0.2) is 20.2 Å². The van der Waals surface area contributed by atoms with Crippen LogP contribution < -0.4 is 10.6 Å². The molecule has 0 bridgehead atoms. The summed E-state index contributed by atoms with van der Waals surface area (Å²) < 4.78 is 39.2. The van der Waals surface area contributed by atoms with E-state index in [-0.39, 0.29) is 33.2 Å². The molecule has 3 aromatic carbocycles. The number of hydrogen-bond donors (Lipinski definition) is 2. The smallest absolute Gasteiger partial charge is 0.257 e. The lowest BCUT2D eigenvalue weighted by Crippen LogP contribution is -2.23. The average Bonchev–Trinajstić information content (AvgIpc) is 2.79. The molecule has 4 rings (SSSR count). The summed E-state index contributed by atoms with van der Waals surface area (Å²) in [6, 6.07) is 15.7. The first-order valence-electron chi connectivity index (χ1n) is 8.68. The van der Waals surface area contributed by atoms with Gasteiger partial charge >= 0.3 is 0 Å². The summed E-state index contributed by atoms with van der Waals surface area (Å²) in [7, 11) is -3.93. The number of carbonyl (C=O) groups is 2. The van der Waals surface area contributed by atoms with Gasteiger partial charge in [0.15, 0.2) is 0 Å². The van der Waals surface area contributed by atoms with Crippen LogP contribution in [-0.2, 0) is 16.4 Å². The third-order valence-electron chi connectivity index (χ3n) is 4.54. The fourth-order valence-corrected chi connectivity index (χ4v) is 4.72. The molecule has 0 unspecified atom stereocenters. The second-order valence-electron chi connectivity index (χ2n) is 6.48. The number of fused-ring (bicyclic) bond motifs is 2. The van der Waals surface area contributed by atoms with Crippen molar-refractivity contribution in [2.24, 2.45) is 0 Å². The predicted molar refractivity (Wildman–Crippen MR) is 104 cm³/mol. The second-order valence-corrected chi connectivity index (χ2v) is 8.36. The van der Waals surface area contributed by atoms with Gasteiger partial charge in [0.05, 0.1) is 21.0 Å². The van der Waals surface area contributed by atoms with E-state index in [4.69, 9.17) is 0 Å². The lowest BCUT2D eigenvalue weighted by molar-refractivity contribution is 0.0949. The Morgan fingerprint density at radius 1 is 0.966 bits per heavy atom. The van der Waals surface area contributed by atoms with Crippen LogP contribution in [0.4, 0.5) is 10.1 Å². The minimum atomic E-state index is -3.93. The summed E-state index contributed by atoms with van der Waals surface area (Å²) in [6.45, 7) is 0.101. The van der Waals surface area contributed by atoms with E-state index in [2.05, 4.69) is 10.6 Å². The van der Waals surface area contributed by atoms with Gasteiger partial charge in [-0.2, -0.15) is 0 Å². The van der Waals surface area contributed by atoms with Crippen LogP contribution in [0, 0.1) is 5.82 Å². The molecule has 0 fully saturated rings. The highest BCUT2D eigenvalue weighted by Gasteiger charge is 2.31. The molecule has 8 heteroatoms. The van der Waals surface area contributed by atoms with Crippen molar-refractivity contribution in [3.05, 3.63) is 89.2 Å². The van der Waals surface area contributed by atoms with E-state index in [1.807, 2.05) is 0 Å². The molecule has 146 valence electrons. The van der Waals surface area contributed by atoms with Gasteiger partial charge in [0.25, 0.3) is 11.8 Å². The first-order valence-corrected chi connectivity index (χ1v) is 10.2. The number of amides is 2. The van der Waals surface area contributed by atoms with Gasteiger partial charge in [-0.3, -0.25) is 9.59 Å². The minimum absolute atomic E-state index is 0.0320. The number of sulfone groups is 1. The Hall–Kier alpha value is -3.52. The van der Waals surface area contributed by atoms with E-state index in [0.717, 1.165) is 0 Å². The van der Waals surface area contributed by atoms with E-state index in [0.29, 0.717) is 5.56 Å². The number of rotatable bonds is 3. The zero-order valence-electron chi connectivity index (χ0n) is 15.0. The van der Waals surface area contributed by atoms with Crippen LogP contribution in [0.3, 0.4) is 0 Å². The molecule has 2 N–H and O–H groups in total. The summed E-state index contributed by atoms with van der Waals surface area (Å²) >= 11 is 0. The average molecular weight is 410 g/mol. The first kappa shape index (κ1) is 18.8. The van der Waals surface area contributed by atoms with E-state index in [9.17, 15) is 22.4 Å². The fourth-order valence-electron chi connectivity index (χ4n) is 3.13.